The van der Waals surface area contributed by atoms with E-state index >= 15 is 0 Å². The van der Waals surface area contributed by atoms with Crippen molar-refractivity contribution in [3.63, 3.8) is 0 Å². The molecule has 14 heavy (non-hydrogen) atoms. The monoisotopic (exact) mass is 209 g/mol. The Labute approximate surface area is 84.8 Å². The first-order chi connectivity index (χ1) is 6.77. The van der Waals surface area contributed by atoms with E-state index in [1.165, 1.54) is 24.8 Å². The van der Waals surface area contributed by atoms with Gasteiger partial charge in [-0.25, -0.2) is 4.79 Å². The van der Waals surface area contributed by atoms with E-state index in [1.807, 2.05) is 0 Å². The Balaban J connectivity index is 2.67. The van der Waals surface area contributed by atoms with Crippen LogP contribution in [0.4, 0.5) is 5.82 Å². The SMILES string of the molecule is COC(=O)/C(C#N)=C\Nc1ccsn1. The van der Waals surface area contributed by atoms with Gasteiger partial charge in [-0.3, -0.25) is 0 Å². The van der Waals surface area contributed by atoms with Gasteiger partial charge in [-0.15, -0.1) is 0 Å². The van der Waals surface area contributed by atoms with Crippen molar-refractivity contribution in [1.82, 2.24) is 4.37 Å². The number of anilines is 1. The average Bonchev–Trinajstić information content (AvgIpc) is 2.71. The molecule has 0 aliphatic rings. The fraction of sp³-hybridized carbons (Fsp3) is 0.125. The number of aromatic nitrogens is 1. The van der Waals surface area contributed by atoms with Crippen molar-refractivity contribution >= 4 is 23.3 Å². The lowest BCUT2D eigenvalue weighted by Crippen LogP contribution is -2.05. The first-order valence-electron chi connectivity index (χ1n) is 3.63. The van der Waals surface area contributed by atoms with Crippen molar-refractivity contribution in [2.75, 3.05) is 12.4 Å². The van der Waals surface area contributed by atoms with Gasteiger partial charge >= 0.3 is 5.97 Å². The Morgan fingerprint density at radius 2 is 2.64 bits per heavy atom. The molecule has 0 bridgehead atoms. The number of esters is 1. The molecule has 0 unspecified atom stereocenters. The molecule has 0 aromatic carbocycles. The topological polar surface area (TPSA) is 75.0 Å². The predicted molar refractivity (Wildman–Crippen MR) is 51.4 cm³/mol. The number of rotatable bonds is 3. The predicted octanol–water partition coefficient (Wildman–Crippen LogP) is 1.14. The molecule has 72 valence electrons. The summed E-state index contributed by atoms with van der Waals surface area (Å²) < 4.78 is 8.32. The lowest BCUT2D eigenvalue weighted by molar-refractivity contribution is -0.135. The average molecular weight is 209 g/mol. The number of nitrogens with one attached hydrogen (secondary N) is 1. The van der Waals surface area contributed by atoms with Crippen molar-refractivity contribution in [2.45, 2.75) is 0 Å². The molecule has 5 nitrogen and oxygen atoms in total. The van der Waals surface area contributed by atoms with Crippen LogP contribution in [0.25, 0.3) is 0 Å². The van der Waals surface area contributed by atoms with Gasteiger partial charge < -0.3 is 10.1 Å². The Morgan fingerprint density at radius 1 is 1.86 bits per heavy atom. The van der Waals surface area contributed by atoms with Gasteiger partial charge in [0.05, 0.1) is 7.11 Å². The van der Waals surface area contributed by atoms with Crippen LogP contribution < -0.4 is 5.32 Å². The molecule has 1 aromatic heterocycles. The van der Waals surface area contributed by atoms with Crippen LogP contribution in [0.5, 0.6) is 0 Å². The molecule has 0 saturated heterocycles. The highest BCUT2D eigenvalue weighted by Crippen LogP contribution is 2.06. The van der Waals surface area contributed by atoms with Crippen LogP contribution in [-0.4, -0.2) is 17.5 Å². The molecule has 1 rings (SSSR count). The van der Waals surface area contributed by atoms with Gasteiger partial charge in [0.1, 0.15) is 11.9 Å². The number of nitriles is 1. The maximum Gasteiger partial charge on any atom is 0.350 e. The highest BCUT2D eigenvalue weighted by molar-refractivity contribution is 7.03. The Hall–Kier alpha value is -1.87. The number of carbonyl (C=O) groups is 1. The molecular formula is C8H7N3O2S. The summed E-state index contributed by atoms with van der Waals surface area (Å²) in [6.45, 7) is 0. The van der Waals surface area contributed by atoms with Crippen molar-refractivity contribution in [2.24, 2.45) is 0 Å². The van der Waals surface area contributed by atoms with Crippen LogP contribution in [0.3, 0.4) is 0 Å². The molecule has 0 amide bonds. The van der Waals surface area contributed by atoms with E-state index in [0.717, 1.165) is 0 Å². The number of hydrogen-bond donors (Lipinski definition) is 1. The lowest BCUT2D eigenvalue weighted by atomic mass is 10.3. The number of ether oxygens (including phenoxy) is 1. The fourth-order valence-corrected chi connectivity index (χ4v) is 1.16. The highest BCUT2D eigenvalue weighted by atomic mass is 32.1. The van der Waals surface area contributed by atoms with Gasteiger partial charge in [0.2, 0.25) is 0 Å². The van der Waals surface area contributed by atoms with Gasteiger partial charge in [0, 0.05) is 11.6 Å². The van der Waals surface area contributed by atoms with Crippen LogP contribution in [0.15, 0.2) is 23.2 Å². The number of nitrogens with zero attached hydrogens (tertiary/aromatic N) is 2. The van der Waals surface area contributed by atoms with Crippen molar-refractivity contribution in [1.29, 1.82) is 5.26 Å². The molecule has 0 spiro atoms. The Kier molecular flexibility index (Phi) is 3.64. The zero-order valence-corrected chi connectivity index (χ0v) is 8.17. The molecule has 1 aromatic rings. The van der Waals surface area contributed by atoms with Crippen LogP contribution in [0, 0.1) is 11.3 Å². The van der Waals surface area contributed by atoms with E-state index in [9.17, 15) is 4.79 Å². The van der Waals surface area contributed by atoms with Crippen LogP contribution in [-0.2, 0) is 9.53 Å². The minimum absolute atomic E-state index is 0.0968. The van der Waals surface area contributed by atoms with Crippen LogP contribution >= 0.6 is 11.5 Å². The number of methoxy groups -OCH3 is 1. The van der Waals surface area contributed by atoms with Gasteiger partial charge in [0.15, 0.2) is 5.57 Å². The molecule has 1 N–H and O–H groups in total. The fourth-order valence-electron chi connectivity index (χ4n) is 0.680. The third-order valence-electron chi connectivity index (χ3n) is 1.33. The summed E-state index contributed by atoms with van der Waals surface area (Å²) in [5.41, 5.74) is -0.0968. The lowest BCUT2D eigenvalue weighted by Gasteiger charge is -1.96. The zero-order valence-electron chi connectivity index (χ0n) is 7.35. The summed E-state index contributed by atoms with van der Waals surface area (Å²) in [4.78, 5) is 10.9. The molecule has 6 heteroatoms. The zero-order chi connectivity index (χ0) is 10.4. The van der Waals surface area contributed by atoms with Gasteiger partial charge in [-0.2, -0.15) is 9.64 Å². The molecule has 0 saturated carbocycles. The summed E-state index contributed by atoms with van der Waals surface area (Å²) >= 11 is 1.27. The van der Waals surface area contributed by atoms with Crippen molar-refractivity contribution < 1.29 is 9.53 Å². The Morgan fingerprint density at radius 3 is 3.14 bits per heavy atom. The van der Waals surface area contributed by atoms with Gasteiger partial charge in [0.25, 0.3) is 0 Å². The van der Waals surface area contributed by atoms with Gasteiger partial charge in [-0.1, -0.05) is 0 Å². The molecular weight excluding hydrogens is 202 g/mol. The Bertz CT molecular complexity index is 378. The molecule has 0 aliphatic carbocycles. The summed E-state index contributed by atoms with van der Waals surface area (Å²) in [7, 11) is 1.22. The van der Waals surface area contributed by atoms with Gasteiger partial charge in [-0.05, 0) is 17.6 Å². The highest BCUT2D eigenvalue weighted by Gasteiger charge is 2.07. The normalized spacial score (nSPS) is 10.4. The molecule has 1 heterocycles. The molecule has 0 fully saturated rings. The summed E-state index contributed by atoms with van der Waals surface area (Å²) in [5.74, 6) is -0.0816. The summed E-state index contributed by atoms with van der Waals surface area (Å²) in [6.07, 6.45) is 1.26. The standard InChI is InChI=1S/C8H7N3O2S/c1-13-8(12)6(4-9)5-10-7-2-3-14-11-7/h2-3,5H,1H3,(H,10,11)/b6-5-. The van der Waals surface area contributed by atoms with Crippen molar-refractivity contribution in [3.8, 4) is 6.07 Å². The second kappa shape index (κ2) is 4.99. The second-order valence-electron chi connectivity index (χ2n) is 2.19. The first kappa shape index (κ1) is 10.2. The number of hydrogen-bond acceptors (Lipinski definition) is 6. The van der Waals surface area contributed by atoms with E-state index in [4.69, 9.17) is 5.26 Å². The molecule has 0 aliphatic heterocycles. The minimum atomic E-state index is -0.671. The smallest absolute Gasteiger partial charge is 0.350 e. The maximum absolute atomic E-state index is 10.9. The summed E-state index contributed by atoms with van der Waals surface area (Å²) in [6, 6.07) is 3.44. The maximum atomic E-state index is 10.9. The van der Waals surface area contributed by atoms with Crippen LogP contribution in [0.1, 0.15) is 0 Å². The minimum Gasteiger partial charge on any atom is -0.465 e. The molecule has 0 radical (unpaired) electrons. The third kappa shape index (κ3) is 2.57. The third-order valence-corrected chi connectivity index (χ3v) is 1.89. The largest absolute Gasteiger partial charge is 0.465 e. The summed E-state index contributed by atoms with van der Waals surface area (Å²) in [5, 5.41) is 13.1. The second-order valence-corrected chi connectivity index (χ2v) is 2.86. The van der Waals surface area contributed by atoms with Crippen LogP contribution in [0.2, 0.25) is 0 Å². The van der Waals surface area contributed by atoms with E-state index in [0.29, 0.717) is 5.82 Å². The van der Waals surface area contributed by atoms with E-state index in [2.05, 4.69) is 14.4 Å². The van der Waals surface area contributed by atoms with E-state index in [-0.39, 0.29) is 5.57 Å². The van der Waals surface area contributed by atoms with Crippen molar-refractivity contribution in [3.05, 3.63) is 23.2 Å². The van der Waals surface area contributed by atoms with E-state index in [1.54, 1.807) is 17.5 Å². The first-order valence-corrected chi connectivity index (χ1v) is 4.47. The molecule has 0 atom stereocenters. The van der Waals surface area contributed by atoms with E-state index < -0.39 is 5.97 Å². The quantitative estimate of drug-likeness (QED) is 0.459. The number of carbonyl (C=O) groups excluding carboxylic acids is 1.